The van der Waals surface area contributed by atoms with Gasteiger partial charge in [-0.25, -0.2) is 4.39 Å². The summed E-state index contributed by atoms with van der Waals surface area (Å²) in [6.45, 7) is 8.34. The molecular weight excluding hydrogens is 238 g/mol. The molecule has 1 aliphatic rings. The first-order valence-electron chi connectivity index (χ1n) is 4.46. The van der Waals surface area contributed by atoms with Crippen LogP contribution in [0.3, 0.4) is 0 Å². The van der Waals surface area contributed by atoms with Gasteiger partial charge in [-0.1, -0.05) is 36.4 Å². The maximum atomic E-state index is 11.9. The lowest BCUT2D eigenvalue weighted by Gasteiger charge is -1.91. The highest BCUT2D eigenvalue weighted by Crippen LogP contribution is 2.17. The molecule has 0 bridgehead atoms. The maximum absolute atomic E-state index is 11.9. The van der Waals surface area contributed by atoms with E-state index in [-0.39, 0.29) is 10.1 Å². The fourth-order valence-corrected chi connectivity index (χ4v) is 1.07. The Morgan fingerprint density at radius 3 is 2.20 bits per heavy atom. The SMILES string of the molecule is C=C(F)/C=C(/Cl)C(=C)Cl.NC1CCNC1. The largest absolute Gasteiger partial charge is 0.327 e. The molecule has 0 aromatic heterocycles. The number of hydrogen-bond acceptors (Lipinski definition) is 2. The van der Waals surface area contributed by atoms with Crippen LogP contribution in [-0.2, 0) is 0 Å². The van der Waals surface area contributed by atoms with Crippen molar-refractivity contribution < 1.29 is 4.39 Å². The van der Waals surface area contributed by atoms with Gasteiger partial charge in [0.25, 0.3) is 0 Å². The molecule has 2 nitrogen and oxygen atoms in total. The third kappa shape index (κ3) is 8.63. The maximum Gasteiger partial charge on any atom is 0.117 e. The third-order valence-electron chi connectivity index (χ3n) is 1.64. The summed E-state index contributed by atoms with van der Waals surface area (Å²) >= 11 is 10.6. The van der Waals surface area contributed by atoms with Crippen molar-refractivity contribution in [1.82, 2.24) is 5.32 Å². The third-order valence-corrected chi connectivity index (χ3v) is 2.28. The van der Waals surface area contributed by atoms with E-state index >= 15 is 0 Å². The van der Waals surface area contributed by atoms with E-state index in [0.717, 1.165) is 25.6 Å². The van der Waals surface area contributed by atoms with Crippen LogP contribution in [-0.4, -0.2) is 19.1 Å². The van der Waals surface area contributed by atoms with Crippen molar-refractivity contribution in [2.24, 2.45) is 5.73 Å². The molecule has 0 saturated carbocycles. The molecule has 0 aromatic rings. The summed E-state index contributed by atoms with van der Waals surface area (Å²) in [7, 11) is 0. The van der Waals surface area contributed by atoms with Crippen molar-refractivity contribution in [3.8, 4) is 0 Å². The van der Waals surface area contributed by atoms with Gasteiger partial charge in [0, 0.05) is 12.6 Å². The van der Waals surface area contributed by atoms with Crippen LogP contribution in [0.25, 0.3) is 0 Å². The average molecular weight is 253 g/mol. The molecule has 1 fully saturated rings. The van der Waals surface area contributed by atoms with Crippen molar-refractivity contribution in [3.05, 3.63) is 35.1 Å². The van der Waals surface area contributed by atoms with Gasteiger partial charge in [0.05, 0.1) is 10.1 Å². The van der Waals surface area contributed by atoms with Crippen LogP contribution in [0.4, 0.5) is 4.39 Å². The zero-order valence-electron chi connectivity index (χ0n) is 8.40. The van der Waals surface area contributed by atoms with Gasteiger partial charge in [0.2, 0.25) is 0 Å². The fraction of sp³-hybridized carbons (Fsp3) is 0.400. The van der Waals surface area contributed by atoms with Crippen LogP contribution in [0, 0.1) is 0 Å². The smallest absolute Gasteiger partial charge is 0.117 e. The predicted molar refractivity (Wildman–Crippen MR) is 64.6 cm³/mol. The monoisotopic (exact) mass is 252 g/mol. The zero-order valence-corrected chi connectivity index (χ0v) is 9.91. The molecule has 1 aliphatic heterocycles. The highest BCUT2D eigenvalue weighted by atomic mass is 35.5. The molecule has 0 amide bonds. The van der Waals surface area contributed by atoms with Crippen molar-refractivity contribution in [3.63, 3.8) is 0 Å². The number of nitrogens with two attached hydrogens (primary N) is 1. The van der Waals surface area contributed by atoms with Crippen LogP contribution in [0.15, 0.2) is 35.1 Å². The zero-order chi connectivity index (χ0) is 11.8. The molecule has 0 aliphatic carbocycles. The Bertz CT molecular complexity index is 258. The molecule has 1 saturated heterocycles. The molecular formula is C10H15Cl2FN2. The van der Waals surface area contributed by atoms with Crippen molar-refractivity contribution in [2.45, 2.75) is 12.5 Å². The van der Waals surface area contributed by atoms with E-state index in [9.17, 15) is 4.39 Å². The topological polar surface area (TPSA) is 38.0 Å². The molecule has 1 rings (SSSR count). The first-order valence-corrected chi connectivity index (χ1v) is 5.21. The molecule has 0 spiro atoms. The quantitative estimate of drug-likeness (QED) is 0.742. The van der Waals surface area contributed by atoms with Gasteiger partial charge in [-0.3, -0.25) is 0 Å². The van der Waals surface area contributed by atoms with Gasteiger partial charge in [-0.2, -0.15) is 0 Å². The van der Waals surface area contributed by atoms with E-state index in [1.165, 1.54) is 0 Å². The molecule has 86 valence electrons. The summed E-state index contributed by atoms with van der Waals surface area (Å²) in [5.74, 6) is -0.637. The first kappa shape index (κ1) is 14.6. The first-order chi connectivity index (χ1) is 6.93. The van der Waals surface area contributed by atoms with E-state index in [4.69, 9.17) is 28.9 Å². The van der Waals surface area contributed by atoms with Gasteiger partial charge in [0.15, 0.2) is 0 Å². The predicted octanol–water partition coefficient (Wildman–Crippen LogP) is 2.65. The minimum absolute atomic E-state index is 0.0733. The minimum atomic E-state index is -0.637. The lowest BCUT2D eigenvalue weighted by Crippen LogP contribution is -2.21. The Morgan fingerprint density at radius 2 is 2.07 bits per heavy atom. The van der Waals surface area contributed by atoms with Gasteiger partial charge >= 0.3 is 0 Å². The number of allylic oxidation sites excluding steroid dienone is 4. The van der Waals surface area contributed by atoms with E-state index in [1.807, 2.05) is 0 Å². The molecule has 1 unspecified atom stereocenters. The van der Waals surface area contributed by atoms with Crippen molar-refractivity contribution in [2.75, 3.05) is 13.1 Å². The van der Waals surface area contributed by atoms with Crippen molar-refractivity contribution in [1.29, 1.82) is 0 Å². The molecule has 1 heterocycles. The minimum Gasteiger partial charge on any atom is -0.327 e. The highest BCUT2D eigenvalue weighted by Gasteiger charge is 2.06. The molecule has 15 heavy (non-hydrogen) atoms. The summed E-state index contributed by atoms with van der Waals surface area (Å²) in [5.41, 5.74) is 5.47. The number of halogens is 3. The second kappa shape index (κ2) is 7.88. The van der Waals surface area contributed by atoms with Crippen LogP contribution in [0.1, 0.15) is 6.42 Å². The Morgan fingerprint density at radius 1 is 1.47 bits per heavy atom. The average Bonchev–Trinajstić information content (AvgIpc) is 2.55. The van der Waals surface area contributed by atoms with E-state index in [1.54, 1.807) is 0 Å². The molecule has 3 N–H and O–H groups in total. The Labute approximate surface area is 99.6 Å². The summed E-state index contributed by atoms with van der Waals surface area (Å²) in [6.07, 6.45) is 2.15. The van der Waals surface area contributed by atoms with Crippen LogP contribution < -0.4 is 11.1 Å². The molecule has 0 radical (unpaired) electrons. The molecule has 5 heteroatoms. The van der Waals surface area contributed by atoms with Gasteiger partial charge in [0.1, 0.15) is 5.83 Å². The fourth-order valence-electron chi connectivity index (χ4n) is 0.893. The van der Waals surface area contributed by atoms with E-state index in [2.05, 4.69) is 18.5 Å². The summed E-state index contributed by atoms with van der Waals surface area (Å²) in [4.78, 5) is 0. The lowest BCUT2D eigenvalue weighted by atomic mass is 10.3. The lowest BCUT2D eigenvalue weighted by molar-refractivity contribution is 0.671. The van der Waals surface area contributed by atoms with Crippen molar-refractivity contribution >= 4 is 23.2 Å². The second-order valence-electron chi connectivity index (χ2n) is 3.10. The summed E-state index contributed by atoms with van der Waals surface area (Å²) in [6, 6.07) is 0.435. The Hall–Kier alpha value is -0.350. The standard InChI is InChI=1S/C6H5Cl2F.C4H10N2/c1-4(9)3-6(8)5(2)7;5-4-1-2-6-3-4/h3H,1-2H2;4,6H,1-3,5H2/b6-3+;. The van der Waals surface area contributed by atoms with Gasteiger partial charge in [-0.05, 0) is 19.0 Å². The van der Waals surface area contributed by atoms with E-state index < -0.39 is 5.83 Å². The van der Waals surface area contributed by atoms with Crippen LogP contribution in [0.2, 0.25) is 0 Å². The highest BCUT2D eigenvalue weighted by molar-refractivity contribution is 6.43. The summed E-state index contributed by atoms with van der Waals surface area (Å²) < 4.78 is 11.9. The van der Waals surface area contributed by atoms with Crippen LogP contribution in [0.5, 0.6) is 0 Å². The van der Waals surface area contributed by atoms with E-state index in [0.29, 0.717) is 6.04 Å². The summed E-state index contributed by atoms with van der Waals surface area (Å²) in [5, 5.41) is 3.33. The second-order valence-corrected chi connectivity index (χ2v) is 3.96. The van der Waals surface area contributed by atoms with Gasteiger partial charge < -0.3 is 11.1 Å². The molecule has 1 atom stereocenters. The Kier molecular flexibility index (Phi) is 7.70. The Balaban J connectivity index is 0.000000280. The number of hydrogen-bond donors (Lipinski definition) is 2. The van der Waals surface area contributed by atoms with Crippen LogP contribution >= 0.6 is 23.2 Å². The number of rotatable bonds is 2. The normalized spacial score (nSPS) is 20.5. The van der Waals surface area contributed by atoms with Gasteiger partial charge in [-0.15, -0.1) is 0 Å². The number of nitrogens with one attached hydrogen (secondary N) is 1. The molecule has 0 aromatic carbocycles.